The zero-order valence-corrected chi connectivity index (χ0v) is 27.1. The SMILES string of the molecule is CC(NC(=O)C1CCC(NS(=O)(=O)c2ccc3nc(N4CCN(C(=O)OC(C)(C)C)CC4)ccc3c2)CC1)c1ccc(F)cc1. The minimum absolute atomic E-state index is 0.0700. The number of rotatable bonds is 7. The standard InChI is InChI=1S/C33H42FN5O5S/c1-22(23-5-10-26(34)11-6-23)35-31(40)24-7-12-27(13-8-24)37-45(42,43)28-14-15-29-25(21-28)9-16-30(36-29)38-17-19-39(20-18-38)32(41)44-33(2,3)4/h5-6,9-11,14-16,21-22,24,27,37H,7-8,12-13,17-20H2,1-4H3,(H,35,40). The number of carbonyl (C=O) groups excluding carboxylic acids is 2. The number of nitrogens with one attached hydrogen (secondary N) is 2. The summed E-state index contributed by atoms with van der Waals surface area (Å²) in [4.78, 5) is 34.0. The van der Waals surface area contributed by atoms with E-state index in [2.05, 4.69) is 14.9 Å². The molecule has 2 aliphatic rings. The maximum absolute atomic E-state index is 13.3. The number of fused-ring (bicyclic) bond motifs is 1. The number of halogens is 1. The van der Waals surface area contributed by atoms with E-state index in [1.165, 1.54) is 12.1 Å². The molecule has 1 saturated carbocycles. The first-order valence-corrected chi connectivity index (χ1v) is 17.0. The maximum atomic E-state index is 13.3. The Hall–Kier alpha value is -3.77. The van der Waals surface area contributed by atoms with Crippen molar-refractivity contribution in [1.29, 1.82) is 0 Å². The van der Waals surface area contributed by atoms with Crippen LogP contribution in [0.1, 0.15) is 65.0 Å². The first-order valence-electron chi connectivity index (χ1n) is 15.5. The fourth-order valence-corrected chi connectivity index (χ4v) is 7.15. The van der Waals surface area contributed by atoms with E-state index in [1.807, 2.05) is 39.8 Å². The lowest BCUT2D eigenvalue weighted by molar-refractivity contribution is -0.126. The van der Waals surface area contributed by atoms with Crippen LogP contribution >= 0.6 is 0 Å². The molecule has 0 bridgehead atoms. The Balaban J connectivity index is 1.14. The van der Waals surface area contributed by atoms with E-state index in [0.717, 1.165) is 11.4 Å². The van der Waals surface area contributed by atoms with E-state index in [1.54, 1.807) is 35.2 Å². The van der Waals surface area contributed by atoms with Gasteiger partial charge < -0.3 is 19.9 Å². The van der Waals surface area contributed by atoms with Gasteiger partial charge in [0.2, 0.25) is 15.9 Å². The monoisotopic (exact) mass is 639 g/mol. The van der Waals surface area contributed by atoms with Crippen LogP contribution in [0.3, 0.4) is 0 Å². The van der Waals surface area contributed by atoms with Gasteiger partial charge >= 0.3 is 6.09 Å². The predicted molar refractivity (Wildman–Crippen MR) is 171 cm³/mol. The number of aromatic nitrogens is 1. The highest BCUT2D eigenvalue weighted by atomic mass is 32.2. The van der Waals surface area contributed by atoms with Crippen molar-refractivity contribution in [3.63, 3.8) is 0 Å². The molecule has 1 aliphatic carbocycles. The minimum atomic E-state index is -3.77. The van der Waals surface area contributed by atoms with Gasteiger partial charge in [0.1, 0.15) is 17.2 Å². The van der Waals surface area contributed by atoms with Crippen LogP contribution in [0.4, 0.5) is 15.0 Å². The Morgan fingerprint density at radius 3 is 2.27 bits per heavy atom. The predicted octanol–water partition coefficient (Wildman–Crippen LogP) is 5.15. The topological polar surface area (TPSA) is 121 Å². The Morgan fingerprint density at radius 2 is 1.62 bits per heavy atom. The van der Waals surface area contributed by atoms with E-state index in [0.29, 0.717) is 62.8 Å². The van der Waals surface area contributed by atoms with Crippen molar-refractivity contribution in [3.05, 3.63) is 66.0 Å². The number of carbonyl (C=O) groups is 2. The van der Waals surface area contributed by atoms with Crippen LogP contribution in [0.2, 0.25) is 0 Å². The van der Waals surface area contributed by atoms with Gasteiger partial charge in [0.05, 0.1) is 16.5 Å². The molecule has 1 unspecified atom stereocenters. The molecule has 3 aromatic rings. The van der Waals surface area contributed by atoms with Crippen LogP contribution in [0, 0.1) is 11.7 Å². The van der Waals surface area contributed by atoms with Crippen molar-refractivity contribution < 1.29 is 27.1 Å². The normalized spacial score (nSPS) is 20.1. The summed E-state index contributed by atoms with van der Waals surface area (Å²) in [6, 6.07) is 14.2. The number of ether oxygens (including phenoxy) is 1. The minimum Gasteiger partial charge on any atom is -0.444 e. The first-order chi connectivity index (χ1) is 21.3. The molecule has 2 N–H and O–H groups in total. The summed E-state index contributed by atoms with van der Waals surface area (Å²) in [5.74, 6) is 0.179. The second-order valence-electron chi connectivity index (χ2n) is 12.9. The summed E-state index contributed by atoms with van der Waals surface area (Å²) in [7, 11) is -3.77. The number of sulfonamides is 1. The number of amides is 2. The Bertz CT molecular complexity index is 1630. The number of piperazine rings is 1. The van der Waals surface area contributed by atoms with Crippen LogP contribution in [-0.4, -0.2) is 68.1 Å². The van der Waals surface area contributed by atoms with Crippen molar-refractivity contribution in [2.75, 3.05) is 31.1 Å². The molecule has 12 heteroatoms. The fourth-order valence-electron chi connectivity index (χ4n) is 5.81. The van der Waals surface area contributed by atoms with Gasteiger partial charge in [0, 0.05) is 43.5 Å². The van der Waals surface area contributed by atoms with Crippen LogP contribution in [0.5, 0.6) is 0 Å². The van der Waals surface area contributed by atoms with E-state index >= 15 is 0 Å². The molecule has 0 spiro atoms. The van der Waals surface area contributed by atoms with Crippen LogP contribution < -0.4 is 14.9 Å². The van der Waals surface area contributed by atoms with E-state index < -0.39 is 15.6 Å². The van der Waals surface area contributed by atoms with Crippen molar-refractivity contribution in [1.82, 2.24) is 19.9 Å². The van der Waals surface area contributed by atoms with E-state index in [-0.39, 0.29) is 40.7 Å². The number of hydrogen-bond donors (Lipinski definition) is 2. The van der Waals surface area contributed by atoms with Gasteiger partial charge in [-0.3, -0.25) is 4.79 Å². The number of anilines is 1. The quantitative estimate of drug-likeness (QED) is 0.367. The molecule has 2 aromatic carbocycles. The lowest BCUT2D eigenvalue weighted by atomic mass is 9.85. The Morgan fingerprint density at radius 1 is 0.956 bits per heavy atom. The number of pyridine rings is 1. The molecule has 0 radical (unpaired) electrons. The average Bonchev–Trinajstić information content (AvgIpc) is 3.00. The molecule has 10 nitrogen and oxygen atoms in total. The second kappa shape index (κ2) is 13.3. The summed E-state index contributed by atoms with van der Waals surface area (Å²) in [6.07, 6.45) is 1.95. The van der Waals surface area contributed by atoms with Gasteiger partial charge in [-0.15, -0.1) is 0 Å². The average molecular weight is 640 g/mol. The van der Waals surface area contributed by atoms with Crippen molar-refractivity contribution in [2.24, 2.45) is 5.92 Å². The number of benzene rings is 2. The molecule has 45 heavy (non-hydrogen) atoms. The highest BCUT2D eigenvalue weighted by Crippen LogP contribution is 2.28. The highest BCUT2D eigenvalue weighted by molar-refractivity contribution is 7.89. The number of hydrogen-bond acceptors (Lipinski definition) is 7. The molecular weight excluding hydrogens is 597 g/mol. The summed E-state index contributed by atoms with van der Waals surface area (Å²) in [5.41, 5.74) is 0.967. The smallest absolute Gasteiger partial charge is 0.410 e. The molecule has 2 fully saturated rings. The van der Waals surface area contributed by atoms with Gasteiger partial charge in [0.25, 0.3) is 0 Å². The van der Waals surface area contributed by atoms with Gasteiger partial charge in [-0.25, -0.2) is 27.3 Å². The molecular formula is C33H42FN5O5S. The van der Waals surface area contributed by atoms with Gasteiger partial charge in [-0.2, -0.15) is 0 Å². The van der Waals surface area contributed by atoms with Gasteiger partial charge in [-0.05, 0) is 101 Å². The van der Waals surface area contributed by atoms with Crippen LogP contribution in [0.25, 0.3) is 10.9 Å². The highest BCUT2D eigenvalue weighted by Gasteiger charge is 2.30. The third-order valence-electron chi connectivity index (χ3n) is 8.36. The zero-order chi connectivity index (χ0) is 32.4. The molecule has 1 aliphatic heterocycles. The molecule has 2 amide bonds. The molecule has 1 saturated heterocycles. The summed E-state index contributed by atoms with van der Waals surface area (Å²) in [6.45, 7) is 9.69. The molecule has 1 atom stereocenters. The van der Waals surface area contributed by atoms with Crippen LogP contribution in [0.15, 0.2) is 59.5 Å². The largest absolute Gasteiger partial charge is 0.444 e. The molecule has 1 aromatic heterocycles. The Kier molecular flexibility index (Phi) is 9.64. The summed E-state index contributed by atoms with van der Waals surface area (Å²) >= 11 is 0. The van der Waals surface area contributed by atoms with Gasteiger partial charge in [0.15, 0.2) is 0 Å². The van der Waals surface area contributed by atoms with Crippen molar-refractivity contribution in [2.45, 2.75) is 76.0 Å². The maximum Gasteiger partial charge on any atom is 0.410 e. The molecule has 242 valence electrons. The lowest BCUT2D eigenvalue weighted by Gasteiger charge is -2.36. The fraction of sp³-hybridized carbons (Fsp3) is 0.485. The van der Waals surface area contributed by atoms with Crippen molar-refractivity contribution in [3.8, 4) is 0 Å². The molecule has 5 rings (SSSR count). The summed E-state index contributed by atoms with van der Waals surface area (Å²) < 4.78 is 48.1. The second-order valence-corrected chi connectivity index (χ2v) is 14.6. The summed E-state index contributed by atoms with van der Waals surface area (Å²) in [5, 5.41) is 3.71. The van der Waals surface area contributed by atoms with Crippen LogP contribution in [-0.2, 0) is 19.6 Å². The van der Waals surface area contributed by atoms with Crippen molar-refractivity contribution >= 4 is 38.7 Å². The number of nitrogens with zero attached hydrogens (tertiary/aromatic N) is 3. The lowest BCUT2D eigenvalue weighted by Crippen LogP contribution is -2.50. The first kappa shape index (κ1) is 32.6. The zero-order valence-electron chi connectivity index (χ0n) is 26.3. The third-order valence-corrected chi connectivity index (χ3v) is 9.88. The third kappa shape index (κ3) is 8.29. The molecule has 2 heterocycles. The Labute approximate surface area is 264 Å². The van der Waals surface area contributed by atoms with Gasteiger partial charge in [-0.1, -0.05) is 12.1 Å². The van der Waals surface area contributed by atoms with E-state index in [9.17, 15) is 22.4 Å². The van der Waals surface area contributed by atoms with E-state index in [4.69, 9.17) is 9.72 Å².